The van der Waals surface area contributed by atoms with Gasteiger partial charge in [-0.1, -0.05) is 35.3 Å². The van der Waals surface area contributed by atoms with E-state index in [0.717, 1.165) is 30.1 Å². The first kappa shape index (κ1) is 19.6. The molecule has 6 heteroatoms. The van der Waals surface area contributed by atoms with Crippen LogP contribution in [0.15, 0.2) is 48.5 Å². The molecule has 0 spiro atoms. The molecule has 2 bridgehead atoms. The van der Waals surface area contributed by atoms with Crippen molar-refractivity contribution in [3.8, 4) is 0 Å². The average molecular weight is 418 g/mol. The summed E-state index contributed by atoms with van der Waals surface area (Å²) in [5.74, 6) is 0.0468. The third kappa shape index (κ3) is 4.80. The SMILES string of the molecule is O=C(CNc1ccc(Cl)cc1)NC1CC2CCC(C1)N2Cc1ccc(Cl)cc1. The van der Waals surface area contributed by atoms with E-state index in [2.05, 4.69) is 27.7 Å². The summed E-state index contributed by atoms with van der Waals surface area (Å²) in [6.07, 6.45) is 4.48. The first-order valence-electron chi connectivity index (χ1n) is 9.86. The molecule has 0 aromatic heterocycles. The van der Waals surface area contributed by atoms with Crippen LogP contribution in [-0.4, -0.2) is 35.5 Å². The fourth-order valence-corrected chi connectivity index (χ4v) is 4.73. The highest BCUT2D eigenvalue weighted by Crippen LogP contribution is 2.37. The summed E-state index contributed by atoms with van der Waals surface area (Å²) in [6, 6.07) is 16.9. The molecule has 2 N–H and O–H groups in total. The van der Waals surface area contributed by atoms with Gasteiger partial charge in [0.25, 0.3) is 0 Å². The summed E-state index contributed by atoms with van der Waals surface area (Å²) in [4.78, 5) is 15.0. The van der Waals surface area contributed by atoms with Crippen molar-refractivity contribution in [2.75, 3.05) is 11.9 Å². The Morgan fingerprint density at radius 1 is 0.929 bits per heavy atom. The van der Waals surface area contributed by atoms with Crippen LogP contribution in [-0.2, 0) is 11.3 Å². The number of rotatable bonds is 6. The lowest BCUT2D eigenvalue weighted by atomic mass is 9.96. The van der Waals surface area contributed by atoms with E-state index in [0.29, 0.717) is 17.1 Å². The monoisotopic (exact) mass is 417 g/mol. The van der Waals surface area contributed by atoms with Gasteiger partial charge in [0.05, 0.1) is 6.54 Å². The van der Waals surface area contributed by atoms with Crippen molar-refractivity contribution in [1.29, 1.82) is 0 Å². The summed E-state index contributed by atoms with van der Waals surface area (Å²) >= 11 is 11.9. The molecule has 2 aliphatic rings. The zero-order chi connectivity index (χ0) is 19.5. The van der Waals surface area contributed by atoms with Crippen molar-refractivity contribution in [3.63, 3.8) is 0 Å². The molecule has 28 heavy (non-hydrogen) atoms. The Bertz CT molecular complexity index is 796. The Morgan fingerprint density at radius 3 is 2.11 bits per heavy atom. The van der Waals surface area contributed by atoms with Gasteiger partial charge in [0.2, 0.25) is 5.91 Å². The van der Waals surface area contributed by atoms with Gasteiger partial charge < -0.3 is 10.6 Å². The molecular formula is C22H25Cl2N3O. The van der Waals surface area contributed by atoms with Gasteiger partial charge in [0.15, 0.2) is 0 Å². The van der Waals surface area contributed by atoms with Gasteiger partial charge in [-0.2, -0.15) is 0 Å². The van der Waals surface area contributed by atoms with E-state index in [9.17, 15) is 4.79 Å². The molecule has 0 aliphatic carbocycles. The van der Waals surface area contributed by atoms with Crippen LogP contribution in [0.1, 0.15) is 31.2 Å². The third-order valence-corrected chi connectivity index (χ3v) is 6.33. The molecule has 2 atom stereocenters. The number of hydrogen-bond donors (Lipinski definition) is 2. The standard InChI is InChI=1S/C22H25Cl2N3O/c23-16-3-1-15(2-4-16)14-27-20-9-10-21(27)12-19(11-20)26-22(28)13-25-18-7-5-17(24)6-8-18/h1-8,19-21,25H,9-14H2,(H,26,28). The minimum Gasteiger partial charge on any atom is -0.376 e. The van der Waals surface area contributed by atoms with Gasteiger partial charge in [0, 0.05) is 40.4 Å². The maximum Gasteiger partial charge on any atom is 0.239 e. The Kier molecular flexibility index (Phi) is 6.10. The third-order valence-electron chi connectivity index (χ3n) is 5.83. The van der Waals surface area contributed by atoms with Gasteiger partial charge in [-0.15, -0.1) is 0 Å². The normalized spacial score (nSPS) is 24.1. The van der Waals surface area contributed by atoms with E-state index in [-0.39, 0.29) is 18.5 Å². The van der Waals surface area contributed by atoms with Crippen LogP contribution in [0.3, 0.4) is 0 Å². The fourth-order valence-electron chi connectivity index (χ4n) is 4.48. The Morgan fingerprint density at radius 2 is 1.50 bits per heavy atom. The smallest absolute Gasteiger partial charge is 0.239 e. The van der Waals surface area contributed by atoms with Gasteiger partial charge in [-0.3, -0.25) is 9.69 Å². The Balaban J connectivity index is 1.27. The number of hydrogen-bond acceptors (Lipinski definition) is 3. The number of carbonyl (C=O) groups excluding carboxylic acids is 1. The molecule has 0 radical (unpaired) electrons. The van der Waals surface area contributed by atoms with Crippen LogP contribution in [0, 0.1) is 0 Å². The van der Waals surface area contributed by atoms with Crippen molar-refractivity contribution < 1.29 is 4.79 Å². The number of nitrogens with one attached hydrogen (secondary N) is 2. The van der Waals surface area contributed by atoms with Crippen LogP contribution in [0.5, 0.6) is 0 Å². The first-order chi connectivity index (χ1) is 13.6. The minimum atomic E-state index is 0.0468. The van der Waals surface area contributed by atoms with Crippen LogP contribution < -0.4 is 10.6 Å². The molecule has 2 unspecified atom stereocenters. The molecule has 2 fully saturated rings. The molecule has 0 saturated carbocycles. The molecule has 2 heterocycles. The highest BCUT2D eigenvalue weighted by molar-refractivity contribution is 6.30. The number of fused-ring (bicyclic) bond motifs is 2. The summed E-state index contributed by atoms with van der Waals surface area (Å²) < 4.78 is 0. The molecule has 4 nitrogen and oxygen atoms in total. The summed E-state index contributed by atoms with van der Waals surface area (Å²) in [6.45, 7) is 1.24. The number of piperidine rings is 1. The van der Waals surface area contributed by atoms with Gasteiger partial charge >= 0.3 is 0 Å². The second kappa shape index (κ2) is 8.73. The fraction of sp³-hybridized carbons (Fsp3) is 0.409. The second-order valence-corrected chi connectivity index (χ2v) is 8.65. The summed E-state index contributed by atoms with van der Waals surface area (Å²) in [7, 11) is 0. The molecule has 2 saturated heterocycles. The zero-order valence-electron chi connectivity index (χ0n) is 15.7. The summed E-state index contributed by atoms with van der Waals surface area (Å²) in [5, 5.41) is 7.84. The van der Waals surface area contributed by atoms with Gasteiger partial charge in [0.1, 0.15) is 0 Å². The van der Waals surface area contributed by atoms with Crippen molar-refractivity contribution in [1.82, 2.24) is 10.2 Å². The van der Waals surface area contributed by atoms with E-state index in [4.69, 9.17) is 23.2 Å². The molecule has 1 amide bonds. The number of anilines is 1. The number of amides is 1. The second-order valence-electron chi connectivity index (χ2n) is 7.78. The number of carbonyl (C=O) groups is 1. The lowest BCUT2D eigenvalue weighted by molar-refractivity contribution is -0.120. The van der Waals surface area contributed by atoms with Crippen molar-refractivity contribution in [2.45, 2.75) is 50.4 Å². The number of halogens is 2. The first-order valence-corrected chi connectivity index (χ1v) is 10.6. The van der Waals surface area contributed by atoms with E-state index in [1.807, 2.05) is 36.4 Å². The molecule has 148 valence electrons. The van der Waals surface area contributed by atoms with Crippen molar-refractivity contribution >= 4 is 34.8 Å². The van der Waals surface area contributed by atoms with Crippen LogP contribution in [0.2, 0.25) is 10.0 Å². The largest absolute Gasteiger partial charge is 0.376 e. The van der Waals surface area contributed by atoms with Crippen LogP contribution in [0.4, 0.5) is 5.69 Å². The average Bonchev–Trinajstić information content (AvgIpc) is 2.91. The number of nitrogens with zero attached hydrogens (tertiary/aromatic N) is 1. The lowest BCUT2D eigenvalue weighted by Gasteiger charge is -2.39. The van der Waals surface area contributed by atoms with Gasteiger partial charge in [-0.25, -0.2) is 0 Å². The van der Waals surface area contributed by atoms with Crippen LogP contribution >= 0.6 is 23.2 Å². The van der Waals surface area contributed by atoms with E-state index >= 15 is 0 Å². The van der Waals surface area contributed by atoms with E-state index in [1.165, 1.54) is 18.4 Å². The summed E-state index contributed by atoms with van der Waals surface area (Å²) in [5.41, 5.74) is 2.20. The van der Waals surface area contributed by atoms with Crippen LogP contribution in [0.25, 0.3) is 0 Å². The lowest BCUT2D eigenvalue weighted by Crippen LogP contribution is -2.50. The Hall–Kier alpha value is -1.75. The zero-order valence-corrected chi connectivity index (χ0v) is 17.2. The quantitative estimate of drug-likeness (QED) is 0.714. The molecule has 4 rings (SSSR count). The minimum absolute atomic E-state index is 0.0468. The maximum absolute atomic E-state index is 12.4. The molecule has 2 aromatic rings. The highest BCUT2D eigenvalue weighted by atomic mass is 35.5. The number of benzene rings is 2. The van der Waals surface area contributed by atoms with Crippen molar-refractivity contribution in [2.24, 2.45) is 0 Å². The maximum atomic E-state index is 12.4. The Labute approximate surface area is 176 Å². The molecular weight excluding hydrogens is 393 g/mol. The predicted molar refractivity (Wildman–Crippen MR) is 115 cm³/mol. The topological polar surface area (TPSA) is 44.4 Å². The van der Waals surface area contributed by atoms with E-state index in [1.54, 1.807) is 0 Å². The highest BCUT2D eigenvalue weighted by Gasteiger charge is 2.40. The van der Waals surface area contributed by atoms with E-state index < -0.39 is 0 Å². The molecule has 2 aliphatic heterocycles. The van der Waals surface area contributed by atoms with Gasteiger partial charge in [-0.05, 0) is 67.6 Å². The van der Waals surface area contributed by atoms with Crippen molar-refractivity contribution in [3.05, 3.63) is 64.1 Å². The predicted octanol–water partition coefficient (Wildman–Crippen LogP) is 4.72. The molecule has 2 aromatic carbocycles.